The van der Waals surface area contributed by atoms with Gasteiger partial charge in [-0.25, -0.2) is 9.18 Å². The zero-order valence-corrected chi connectivity index (χ0v) is 17.4. The molecular formula is C23H25FN4O3. The van der Waals surface area contributed by atoms with Gasteiger partial charge in [-0.2, -0.15) is 0 Å². The summed E-state index contributed by atoms with van der Waals surface area (Å²) in [5.41, 5.74) is 2.14. The Bertz CT molecular complexity index is 1090. The minimum Gasteiger partial charge on any atom is -0.497 e. The highest BCUT2D eigenvalue weighted by atomic mass is 19.1. The number of urea groups is 1. The van der Waals surface area contributed by atoms with Gasteiger partial charge in [-0.05, 0) is 60.9 Å². The summed E-state index contributed by atoms with van der Waals surface area (Å²) in [5.74, 6) is 0.389. The van der Waals surface area contributed by atoms with Crippen molar-refractivity contribution in [3.05, 3.63) is 60.0 Å². The van der Waals surface area contributed by atoms with Crippen LogP contribution in [0.4, 0.5) is 14.9 Å². The Hall–Kier alpha value is -3.55. The number of hydrogen-bond donors (Lipinski definition) is 2. The molecule has 4 rings (SSSR count). The molecule has 1 saturated heterocycles. The molecule has 3 aromatic rings. The minimum atomic E-state index is -0.379. The summed E-state index contributed by atoms with van der Waals surface area (Å²) in [4.78, 5) is 26.8. The Balaban J connectivity index is 1.46. The number of benzene rings is 2. The third kappa shape index (κ3) is 4.79. The van der Waals surface area contributed by atoms with Crippen LogP contribution in [0.15, 0.2) is 48.7 Å². The first-order valence-corrected chi connectivity index (χ1v) is 10.3. The van der Waals surface area contributed by atoms with Gasteiger partial charge >= 0.3 is 6.03 Å². The SMILES string of the molecule is COc1ccc(NC(=O)NCc2cn(CC(=O)N3CCCC3)c3ccc(F)cc23)cc1. The van der Waals surface area contributed by atoms with Crippen molar-refractivity contribution in [1.29, 1.82) is 0 Å². The third-order valence-corrected chi connectivity index (χ3v) is 5.48. The molecule has 0 spiro atoms. The van der Waals surface area contributed by atoms with Crippen molar-refractivity contribution in [1.82, 2.24) is 14.8 Å². The lowest BCUT2D eigenvalue weighted by Crippen LogP contribution is -2.30. The van der Waals surface area contributed by atoms with Crippen LogP contribution in [0.25, 0.3) is 10.9 Å². The second kappa shape index (κ2) is 9.07. The molecule has 7 nitrogen and oxygen atoms in total. The van der Waals surface area contributed by atoms with Crippen LogP contribution >= 0.6 is 0 Å². The fourth-order valence-electron chi connectivity index (χ4n) is 3.85. The number of nitrogens with zero attached hydrogens (tertiary/aromatic N) is 2. The Kier molecular flexibility index (Phi) is 6.06. The van der Waals surface area contributed by atoms with Crippen LogP contribution in [0.1, 0.15) is 18.4 Å². The number of ether oxygens (including phenoxy) is 1. The number of amides is 3. The zero-order valence-electron chi connectivity index (χ0n) is 17.4. The minimum absolute atomic E-state index is 0.0514. The number of halogens is 1. The van der Waals surface area contributed by atoms with Crippen molar-refractivity contribution in [3.8, 4) is 5.75 Å². The van der Waals surface area contributed by atoms with Crippen molar-refractivity contribution < 1.29 is 18.7 Å². The van der Waals surface area contributed by atoms with E-state index in [2.05, 4.69) is 10.6 Å². The van der Waals surface area contributed by atoms with Gasteiger partial charge in [0.2, 0.25) is 5.91 Å². The van der Waals surface area contributed by atoms with Gasteiger partial charge in [0.25, 0.3) is 0 Å². The van der Waals surface area contributed by atoms with Gasteiger partial charge in [-0.1, -0.05) is 0 Å². The van der Waals surface area contributed by atoms with Crippen LogP contribution in [0.5, 0.6) is 5.75 Å². The summed E-state index contributed by atoms with van der Waals surface area (Å²) in [5, 5.41) is 6.23. The molecule has 0 unspecified atom stereocenters. The number of aromatic nitrogens is 1. The van der Waals surface area contributed by atoms with Gasteiger partial charge in [0.15, 0.2) is 0 Å². The summed E-state index contributed by atoms with van der Waals surface area (Å²) in [6, 6.07) is 11.1. The molecule has 1 fully saturated rings. The van der Waals surface area contributed by atoms with E-state index in [-0.39, 0.29) is 30.8 Å². The summed E-state index contributed by atoms with van der Waals surface area (Å²) in [7, 11) is 1.58. The van der Waals surface area contributed by atoms with Crippen molar-refractivity contribution in [2.24, 2.45) is 0 Å². The molecule has 1 aliphatic rings. The third-order valence-electron chi connectivity index (χ3n) is 5.48. The molecule has 0 bridgehead atoms. The van der Waals surface area contributed by atoms with E-state index < -0.39 is 0 Å². The maximum Gasteiger partial charge on any atom is 0.319 e. The highest BCUT2D eigenvalue weighted by Gasteiger charge is 2.20. The van der Waals surface area contributed by atoms with Crippen LogP contribution in [0.2, 0.25) is 0 Å². The van der Waals surface area contributed by atoms with E-state index in [1.165, 1.54) is 12.1 Å². The van der Waals surface area contributed by atoms with Crippen LogP contribution in [0.3, 0.4) is 0 Å². The molecule has 1 aliphatic heterocycles. The van der Waals surface area contributed by atoms with Crippen molar-refractivity contribution >= 4 is 28.5 Å². The van der Waals surface area contributed by atoms with Crippen molar-refractivity contribution in [2.45, 2.75) is 25.9 Å². The second-order valence-corrected chi connectivity index (χ2v) is 7.57. The number of carbonyl (C=O) groups is 2. The average molecular weight is 424 g/mol. The largest absolute Gasteiger partial charge is 0.497 e. The van der Waals surface area contributed by atoms with Gasteiger partial charge in [0.05, 0.1) is 7.11 Å². The van der Waals surface area contributed by atoms with Crippen LogP contribution < -0.4 is 15.4 Å². The number of anilines is 1. The number of rotatable bonds is 6. The number of hydrogen-bond acceptors (Lipinski definition) is 3. The predicted octanol–water partition coefficient (Wildman–Crippen LogP) is 3.73. The molecule has 2 N–H and O–H groups in total. The van der Waals surface area contributed by atoms with Gasteiger partial charge in [0.1, 0.15) is 18.1 Å². The van der Waals surface area contributed by atoms with E-state index in [4.69, 9.17) is 4.74 Å². The first-order valence-electron chi connectivity index (χ1n) is 10.3. The topological polar surface area (TPSA) is 75.6 Å². The van der Waals surface area contributed by atoms with Crippen molar-refractivity contribution in [2.75, 3.05) is 25.5 Å². The summed E-state index contributed by atoms with van der Waals surface area (Å²) < 4.78 is 20.8. The smallest absolute Gasteiger partial charge is 0.319 e. The maximum absolute atomic E-state index is 13.9. The monoisotopic (exact) mass is 424 g/mol. The molecule has 0 saturated carbocycles. The Morgan fingerprint density at radius 1 is 1.10 bits per heavy atom. The lowest BCUT2D eigenvalue weighted by molar-refractivity contribution is -0.130. The molecular weight excluding hydrogens is 399 g/mol. The molecule has 1 aromatic heterocycles. The molecule has 162 valence electrons. The van der Waals surface area contributed by atoms with E-state index >= 15 is 0 Å². The fourth-order valence-corrected chi connectivity index (χ4v) is 3.85. The summed E-state index contributed by atoms with van der Waals surface area (Å²) in [6.45, 7) is 1.96. The van der Waals surface area contributed by atoms with Crippen LogP contribution in [-0.2, 0) is 17.9 Å². The lowest BCUT2D eigenvalue weighted by atomic mass is 10.1. The highest BCUT2D eigenvalue weighted by molar-refractivity contribution is 5.90. The Labute approximate surface area is 179 Å². The number of methoxy groups -OCH3 is 1. The van der Waals surface area contributed by atoms with Gasteiger partial charge < -0.3 is 24.8 Å². The second-order valence-electron chi connectivity index (χ2n) is 7.57. The van der Waals surface area contributed by atoms with Crippen LogP contribution in [0, 0.1) is 5.82 Å². The van der Waals surface area contributed by atoms with E-state index in [0.29, 0.717) is 16.8 Å². The maximum atomic E-state index is 13.9. The van der Waals surface area contributed by atoms with Gasteiger partial charge in [0, 0.05) is 42.4 Å². The molecule has 8 heteroatoms. The highest BCUT2D eigenvalue weighted by Crippen LogP contribution is 2.23. The van der Waals surface area contributed by atoms with Crippen molar-refractivity contribution in [3.63, 3.8) is 0 Å². The molecule has 0 radical (unpaired) electrons. The Morgan fingerprint density at radius 3 is 2.55 bits per heavy atom. The first-order chi connectivity index (χ1) is 15.0. The first kappa shape index (κ1) is 20.7. The fraction of sp³-hybridized carbons (Fsp3) is 0.304. The standard InChI is InChI=1S/C23H25FN4O3/c1-31-19-7-5-18(6-8-19)26-23(30)25-13-16-14-28(15-22(29)27-10-2-3-11-27)21-9-4-17(24)12-20(16)21/h4-9,12,14H,2-3,10-11,13,15H2,1H3,(H2,25,26,30). The quantitative estimate of drug-likeness (QED) is 0.633. The van der Waals surface area contributed by atoms with E-state index in [0.717, 1.165) is 37.0 Å². The van der Waals surface area contributed by atoms with Gasteiger partial charge in [-0.3, -0.25) is 4.79 Å². The van der Waals surface area contributed by atoms with Gasteiger partial charge in [-0.15, -0.1) is 0 Å². The number of nitrogens with one attached hydrogen (secondary N) is 2. The normalized spacial score (nSPS) is 13.4. The van der Waals surface area contributed by atoms with E-state index in [9.17, 15) is 14.0 Å². The molecule has 3 amide bonds. The zero-order chi connectivity index (χ0) is 21.8. The number of carbonyl (C=O) groups excluding carboxylic acids is 2. The number of likely N-dealkylation sites (tertiary alicyclic amines) is 1. The average Bonchev–Trinajstić information content (AvgIpc) is 3.41. The molecule has 0 aliphatic carbocycles. The molecule has 31 heavy (non-hydrogen) atoms. The summed E-state index contributed by atoms with van der Waals surface area (Å²) in [6.07, 6.45) is 3.87. The summed E-state index contributed by atoms with van der Waals surface area (Å²) >= 11 is 0. The van der Waals surface area contributed by atoms with Crippen LogP contribution in [-0.4, -0.2) is 41.6 Å². The molecule has 0 atom stereocenters. The lowest BCUT2D eigenvalue weighted by Gasteiger charge is -2.16. The Morgan fingerprint density at radius 2 is 1.84 bits per heavy atom. The van der Waals surface area contributed by atoms with E-state index in [1.807, 2.05) is 15.7 Å². The van der Waals surface area contributed by atoms with E-state index in [1.54, 1.807) is 37.4 Å². The predicted molar refractivity (Wildman–Crippen MR) is 117 cm³/mol. The molecule has 2 aromatic carbocycles. The molecule has 2 heterocycles. The number of fused-ring (bicyclic) bond motifs is 1.